The smallest absolute Gasteiger partial charge is 0.149 e. The Hall–Kier alpha value is -0.250. The van der Waals surface area contributed by atoms with Gasteiger partial charge in [-0.3, -0.25) is 0 Å². The Kier molecular flexibility index (Phi) is 5.30. The predicted molar refractivity (Wildman–Crippen MR) is 63.2 cm³/mol. The lowest BCUT2D eigenvalue weighted by Gasteiger charge is -2.07. The fourth-order valence-corrected chi connectivity index (χ4v) is 2.09. The molecule has 0 saturated carbocycles. The van der Waals surface area contributed by atoms with Gasteiger partial charge >= 0.3 is 0 Å². The first-order chi connectivity index (χ1) is 6.77. The van der Waals surface area contributed by atoms with E-state index >= 15 is 0 Å². The summed E-state index contributed by atoms with van der Waals surface area (Å²) in [6.07, 6.45) is 0. The highest BCUT2D eigenvalue weighted by Gasteiger charge is 2.11. The maximum Gasteiger partial charge on any atom is 0.162 e. The molecule has 1 unspecified atom stereocenters. The molecule has 1 aromatic carbocycles. The number of rotatable bonds is 5. The first-order valence-corrected chi connectivity index (χ1v) is 5.99. The monoisotopic (exact) mass is 249 g/mol. The molecular formula is C9H9Cl2NOS. The van der Waals surface area contributed by atoms with Crippen LogP contribution >= 0.6 is 35.0 Å². The van der Waals surface area contributed by atoms with E-state index in [0.29, 0.717) is 16.7 Å². The molecule has 0 N–H and O–H groups in total. The van der Waals surface area contributed by atoms with Crippen molar-refractivity contribution in [3.63, 3.8) is 0 Å². The SMILES string of the molecule is O=NC(SCCCl)c1ccc(Cl)cc1. The van der Waals surface area contributed by atoms with E-state index in [-0.39, 0.29) is 5.37 Å². The molecule has 5 heteroatoms. The molecule has 0 heterocycles. The van der Waals surface area contributed by atoms with Gasteiger partial charge in [0.25, 0.3) is 0 Å². The number of halogens is 2. The zero-order valence-corrected chi connectivity index (χ0v) is 9.65. The molecule has 1 aromatic rings. The van der Waals surface area contributed by atoms with Crippen LogP contribution in [0.1, 0.15) is 10.9 Å². The van der Waals surface area contributed by atoms with Gasteiger partial charge in [-0.05, 0) is 17.7 Å². The minimum absolute atomic E-state index is 0.383. The Morgan fingerprint density at radius 2 is 2.00 bits per heavy atom. The number of thioether (sulfide) groups is 1. The molecule has 0 spiro atoms. The van der Waals surface area contributed by atoms with Gasteiger partial charge in [0.1, 0.15) is 0 Å². The van der Waals surface area contributed by atoms with Gasteiger partial charge in [0, 0.05) is 16.7 Å². The van der Waals surface area contributed by atoms with Crippen molar-refractivity contribution in [3.05, 3.63) is 39.8 Å². The second-order valence-corrected chi connectivity index (χ2v) is 4.57. The van der Waals surface area contributed by atoms with E-state index in [2.05, 4.69) is 5.18 Å². The molecule has 0 radical (unpaired) electrons. The van der Waals surface area contributed by atoms with Crippen LogP contribution in [0.25, 0.3) is 0 Å². The normalized spacial score (nSPS) is 12.4. The molecule has 1 atom stereocenters. The van der Waals surface area contributed by atoms with E-state index in [9.17, 15) is 4.91 Å². The molecule has 0 bridgehead atoms. The fourth-order valence-electron chi connectivity index (χ4n) is 0.971. The molecule has 0 aliphatic heterocycles. The second-order valence-electron chi connectivity index (χ2n) is 2.57. The van der Waals surface area contributed by atoms with Crippen LogP contribution in [-0.4, -0.2) is 11.6 Å². The lowest BCUT2D eigenvalue weighted by Crippen LogP contribution is -1.91. The van der Waals surface area contributed by atoms with Gasteiger partial charge in [0.2, 0.25) is 0 Å². The van der Waals surface area contributed by atoms with Crippen molar-refractivity contribution in [2.24, 2.45) is 5.18 Å². The van der Waals surface area contributed by atoms with Gasteiger partial charge in [-0.25, -0.2) is 0 Å². The third-order valence-corrected chi connectivity index (χ3v) is 3.38. The highest BCUT2D eigenvalue weighted by atomic mass is 35.5. The molecular weight excluding hydrogens is 241 g/mol. The lowest BCUT2D eigenvalue weighted by atomic mass is 10.2. The average molecular weight is 250 g/mol. The quantitative estimate of drug-likeness (QED) is 0.582. The molecule has 76 valence electrons. The molecule has 0 aliphatic rings. The fraction of sp³-hybridized carbons (Fsp3) is 0.333. The van der Waals surface area contributed by atoms with Gasteiger partial charge in [0.05, 0.1) is 0 Å². The number of nitrogens with zero attached hydrogens (tertiary/aromatic N) is 1. The van der Waals surface area contributed by atoms with Crippen LogP contribution < -0.4 is 0 Å². The van der Waals surface area contributed by atoms with Crippen LogP contribution in [-0.2, 0) is 0 Å². The molecule has 2 nitrogen and oxygen atoms in total. The largest absolute Gasteiger partial charge is 0.162 e. The predicted octanol–water partition coefficient (Wildman–Crippen LogP) is 4.08. The van der Waals surface area contributed by atoms with Crippen molar-refractivity contribution < 1.29 is 0 Å². The molecule has 14 heavy (non-hydrogen) atoms. The summed E-state index contributed by atoms with van der Waals surface area (Å²) in [4.78, 5) is 10.5. The first-order valence-electron chi connectivity index (χ1n) is 4.03. The standard InChI is InChI=1S/C9H9Cl2NOS/c10-5-6-14-9(12-13)7-1-3-8(11)4-2-7/h1-4,9H,5-6H2. The summed E-state index contributed by atoms with van der Waals surface area (Å²) in [6, 6.07) is 7.10. The summed E-state index contributed by atoms with van der Waals surface area (Å²) in [5.74, 6) is 1.23. The van der Waals surface area contributed by atoms with E-state index in [1.807, 2.05) is 0 Å². The number of hydrogen-bond acceptors (Lipinski definition) is 3. The Morgan fingerprint density at radius 1 is 1.36 bits per heavy atom. The zero-order chi connectivity index (χ0) is 10.4. The molecule has 0 saturated heterocycles. The minimum Gasteiger partial charge on any atom is -0.149 e. The van der Waals surface area contributed by atoms with Gasteiger partial charge < -0.3 is 0 Å². The second kappa shape index (κ2) is 6.27. The summed E-state index contributed by atoms with van der Waals surface area (Å²) in [6.45, 7) is 0. The van der Waals surface area contributed by atoms with Crippen molar-refractivity contribution in [1.29, 1.82) is 0 Å². The number of benzene rings is 1. The van der Waals surface area contributed by atoms with E-state index in [0.717, 1.165) is 5.56 Å². The zero-order valence-electron chi connectivity index (χ0n) is 7.32. The van der Waals surface area contributed by atoms with Crippen LogP contribution in [0.15, 0.2) is 29.4 Å². The van der Waals surface area contributed by atoms with Gasteiger partial charge in [0.15, 0.2) is 5.37 Å². The van der Waals surface area contributed by atoms with Gasteiger partial charge in [-0.1, -0.05) is 28.9 Å². The molecule has 0 fully saturated rings. The Balaban J connectivity index is 2.68. The van der Waals surface area contributed by atoms with E-state index in [1.165, 1.54) is 11.8 Å². The summed E-state index contributed by atoms with van der Waals surface area (Å²) < 4.78 is 0. The van der Waals surface area contributed by atoms with Crippen molar-refractivity contribution in [2.75, 3.05) is 11.6 Å². The van der Waals surface area contributed by atoms with Crippen LogP contribution in [0.4, 0.5) is 0 Å². The van der Waals surface area contributed by atoms with E-state index in [4.69, 9.17) is 23.2 Å². The van der Waals surface area contributed by atoms with E-state index < -0.39 is 0 Å². The average Bonchev–Trinajstić information content (AvgIpc) is 2.21. The van der Waals surface area contributed by atoms with Gasteiger partial charge in [-0.15, -0.1) is 28.3 Å². The summed E-state index contributed by atoms with van der Waals surface area (Å²) in [7, 11) is 0. The molecule has 0 amide bonds. The van der Waals surface area contributed by atoms with Crippen molar-refractivity contribution in [2.45, 2.75) is 5.37 Å². The Bertz CT molecular complexity index is 291. The summed E-state index contributed by atoms with van der Waals surface area (Å²) in [5.41, 5.74) is 0.861. The number of hydrogen-bond donors (Lipinski definition) is 0. The maximum absolute atomic E-state index is 10.5. The van der Waals surface area contributed by atoms with Gasteiger partial charge in [-0.2, -0.15) is 0 Å². The van der Waals surface area contributed by atoms with Crippen molar-refractivity contribution >= 4 is 35.0 Å². The Labute approximate surface area is 97.0 Å². The van der Waals surface area contributed by atoms with Crippen molar-refractivity contribution in [1.82, 2.24) is 0 Å². The number of alkyl halides is 1. The molecule has 0 aliphatic carbocycles. The Morgan fingerprint density at radius 3 is 2.50 bits per heavy atom. The molecule has 1 rings (SSSR count). The molecule has 0 aromatic heterocycles. The topological polar surface area (TPSA) is 29.4 Å². The van der Waals surface area contributed by atoms with Crippen LogP contribution in [0.5, 0.6) is 0 Å². The first kappa shape index (κ1) is 11.8. The highest BCUT2D eigenvalue weighted by Crippen LogP contribution is 2.30. The maximum atomic E-state index is 10.5. The lowest BCUT2D eigenvalue weighted by molar-refractivity contribution is 1.02. The van der Waals surface area contributed by atoms with Crippen LogP contribution in [0, 0.1) is 4.91 Å². The van der Waals surface area contributed by atoms with E-state index in [1.54, 1.807) is 24.3 Å². The number of nitroso groups, excluding NO2 is 1. The summed E-state index contributed by atoms with van der Waals surface area (Å²) in [5, 5.41) is 3.31. The van der Waals surface area contributed by atoms with Crippen LogP contribution in [0.2, 0.25) is 5.02 Å². The third-order valence-electron chi connectivity index (χ3n) is 1.60. The minimum atomic E-state index is -0.383. The van der Waals surface area contributed by atoms with Crippen molar-refractivity contribution in [3.8, 4) is 0 Å². The van der Waals surface area contributed by atoms with Crippen LogP contribution in [0.3, 0.4) is 0 Å². The summed E-state index contributed by atoms with van der Waals surface area (Å²) >= 11 is 12.7. The highest BCUT2D eigenvalue weighted by molar-refractivity contribution is 7.99. The third kappa shape index (κ3) is 3.48.